The number of benzene rings is 6. The summed E-state index contributed by atoms with van der Waals surface area (Å²) < 4.78 is 40.6. The minimum absolute atomic E-state index is 0. The smallest absolute Gasteiger partial charge is 0.120 e. The Kier molecular flexibility index (Phi) is 9.66. The number of furan rings is 1. The molecule has 275 valence electrons. The zero-order valence-corrected chi connectivity index (χ0v) is 35.9. The first-order valence-corrected chi connectivity index (χ1v) is 25.5. The van der Waals surface area contributed by atoms with E-state index in [-0.39, 0.29) is 25.7 Å². The van der Waals surface area contributed by atoms with Crippen molar-refractivity contribution in [2.45, 2.75) is 43.9 Å². The van der Waals surface area contributed by atoms with E-state index in [4.69, 9.17) is 14.9 Å². The van der Waals surface area contributed by atoms with Crippen molar-refractivity contribution in [1.82, 2.24) is 14.5 Å². The zero-order valence-electron chi connectivity index (χ0n) is 35.4. The van der Waals surface area contributed by atoms with Crippen LogP contribution in [0, 0.1) is 19.0 Å². The second-order valence-corrected chi connectivity index (χ2v) is 25.3. The maximum atomic E-state index is 8.49. The molecule has 6 heteroatoms. The summed E-state index contributed by atoms with van der Waals surface area (Å²) in [6.07, 6.45) is 1.91. The summed E-state index contributed by atoms with van der Waals surface area (Å²) in [7, 11) is 0. The molecule has 0 saturated carbocycles. The number of aromatic nitrogens is 3. The molecule has 0 unspecified atom stereocenters. The van der Waals surface area contributed by atoms with Gasteiger partial charge >= 0.3 is 131 Å². The van der Waals surface area contributed by atoms with Gasteiger partial charge in [-0.25, -0.2) is 0 Å². The van der Waals surface area contributed by atoms with Crippen molar-refractivity contribution in [3.05, 3.63) is 169 Å². The maximum Gasteiger partial charge on any atom is 0.120 e. The number of imidazole rings is 1. The largest absolute Gasteiger partial charge is 0.501 e. The Balaban J connectivity index is 0.000000188. The molecule has 0 aliphatic heterocycles. The van der Waals surface area contributed by atoms with Gasteiger partial charge in [0.05, 0.1) is 22.4 Å². The quantitative estimate of drug-likeness (QED) is 0.123. The first-order valence-electron chi connectivity index (χ1n) is 20.2. The topological polar surface area (TPSA) is 43.9 Å². The molecular formula is C49H43GeIrN3O-2. The Morgan fingerprint density at radius 2 is 1.51 bits per heavy atom. The van der Waals surface area contributed by atoms with Gasteiger partial charge in [0.25, 0.3) is 0 Å². The van der Waals surface area contributed by atoms with Crippen molar-refractivity contribution in [3.8, 4) is 39.5 Å². The molecule has 1 radical (unpaired) electrons. The van der Waals surface area contributed by atoms with Crippen molar-refractivity contribution in [2.24, 2.45) is 0 Å². The zero-order chi connectivity index (χ0) is 40.8. The predicted molar refractivity (Wildman–Crippen MR) is 228 cm³/mol. The molecule has 6 aromatic carbocycles. The molecule has 0 atom stereocenters. The molecule has 0 amide bonds. The van der Waals surface area contributed by atoms with E-state index in [2.05, 4.69) is 106 Å². The van der Waals surface area contributed by atoms with Crippen LogP contribution in [0.4, 0.5) is 0 Å². The van der Waals surface area contributed by atoms with Gasteiger partial charge in [0.1, 0.15) is 5.58 Å². The molecule has 3 aromatic heterocycles. The van der Waals surface area contributed by atoms with E-state index in [9.17, 15) is 0 Å². The third-order valence-electron chi connectivity index (χ3n) is 9.69. The molecule has 4 nitrogen and oxygen atoms in total. The number of hydrogen-bond acceptors (Lipinski definition) is 3. The number of pyridine rings is 1. The van der Waals surface area contributed by atoms with Crippen molar-refractivity contribution < 1.29 is 30.0 Å². The van der Waals surface area contributed by atoms with E-state index in [1.54, 1.807) is 12.1 Å². The van der Waals surface area contributed by atoms with E-state index < -0.39 is 26.0 Å². The van der Waals surface area contributed by atoms with Crippen LogP contribution >= 0.6 is 0 Å². The van der Waals surface area contributed by atoms with Crippen molar-refractivity contribution in [3.63, 3.8) is 0 Å². The number of rotatable bonds is 6. The van der Waals surface area contributed by atoms with Crippen LogP contribution in [0.25, 0.3) is 72.4 Å². The third kappa shape index (κ3) is 7.75. The molecule has 9 aromatic rings. The minimum atomic E-state index is -2.14. The molecule has 55 heavy (non-hydrogen) atoms. The Bertz CT molecular complexity index is 2890. The van der Waals surface area contributed by atoms with E-state index in [1.165, 1.54) is 21.6 Å². The molecule has 0 N–H and O–H groups in total. The van der Waals surface area contributed by atoms with Crippen LogP contribution in [-0.2, 0) is 20.1 Å². The van der Waals surface area contributed by atoms with E-state index in [1.807, 2.05) is 74.6 Å². The molecule has 9 rings (SSSR count). The van der Waals surface area contributed by atoms with Gasteiger partial charge in [0.15, 0.2) is 0 Å². The fourth-order valence-electron chi connectivity index (χ4n) is 6.94. The first kappa shape index (κ1) is 33.3. The fraction of sp³-hybridized carbons (Fsp3) is 0.143. The summed E-state index contributed by atoms with van der Waals surface area (Å²) in [6, 6.07) is 52.7. The average Bonchev–Trinajstić information content (AvgIpc) is 3.79. The second-order valence-electron chi connectivity index (χ2n) is 14.7. The van der Waals surface area contributed by atoms with Gasteiger partial charge in [-0.3, -0.25) is 4.98 Å². The predicted octanol–water partition coefficient (Wildman–Crippen LogP) is 12.6. The first-order chi connectivity index (χ1) is 27.7. The summed E-state index contributed by atoms with van der Waals surface area (Å²) in [6.45, 7) is 1.66. The molecule has 0 aliphatic carbocycles. The Morgan fingerprint density at radius 3 is 2.24 bits per heavy atom. The van der Waals surface area contributed by atoms with Gasteiger partial charge in [-0.1, -0.05) is 83.7 Å². The van der Waals surface area contributed by atoms with Crippen LogP contribution in [0.2, 0.25) is 17.3 Å². The summed E-state index contributed by atoms with van der Waals surface area (Å²) >= 11 is -2.14. The van der Waals surface area contributed by atoms with Gasteiger partial charge < -0.3 is 8.98 Å². The van der Waals surface area contributed by atoms with Gasteiger partial charge in [-0.05, 0) is 41.5 Å². The van der Waals surface area contributed by atoms with Crippen LogP contribution in [-0.4, -0.2) is 27.8 Å². The summed E-state index contributed by atoms with van der Waals surface area (Å²) in [5.41, 5.74) is 10.7. The molecule has 0 spiro atoms. The molecule has 0 bridgehead atoms. The van der Waals surface area contributed by atoms with Crippen LogP contribution in [0.15, 0.2) is 150 Å². The fourth-order valence-corrected chi connectivity index (χ4v) is 10.3. The van der Waals surface area contributed by atoms with Crippen LogP contribution in [0.1, 0.15) is 36.4 Å². The molecule has 0 fully saturated rings. The number of fused-ring (bicyclic) bond motifs is 4. The summed E-state index contributed by atoms with van der Waals surface area (Å²) in [5.74, 6) is 7.00. The normalized spacial score (nSPS) is 13.0. The van der Waals surface area contributed by atoms with Crippen LogP contribution in [0.3, 0.4) is 0 Å². The molecule has 0 saturated heterocycles. The van der Waals surface area contributed by atoms with E-state index in [0.717, 1.165) is 66.9 Å². The summed E-state index contributed by atoms with van der Waals surface area (Å²) in [4.78, 5) is 9.60. The number of para-hydroxylation sites is 3. The van der Waals surface area contributed by atoms with Crippen molar-refractivity contribution in [2.75, 3.05) is 0 Å². The van der Waals surface area contributed by atoms with Crippen LogP contribution < -0.4 is 4.40 Å². The number of aryl methyl sites for hydroxylation is 1. The second kappa shape index (κ2) is 16.0. The van der Waals surface area contributed by atoms with E-state index >= 15 is 0 Å². The Hall–Kier alpha value is -5.07. The number of hydrogen-bond donors (Lipinski definition) is 0. The maximum absolute atomic E-state index is 8.49. The molecule has 0 aliphatic rings. The summed E-state index contributed by atoms with van der Waals surface area (Å²) in [5, 5.41) is 2.17. The Labute approximate surface area is 345 Å². The van der Waals surface area contributed by atoms with Crippen molar-refractivity contribution in [1.29, 1.82) is 0 Å². The minimum Gasteiger partial charge on any atom is -0.501 e. The standard InChI is InChI=1S/C31H19N2O.C18H24GeN.Ir/c1-2-9-21(10-3-1)22-17-19-23(20-18-22)33-28-15-6-5-14-27(28)32-31(33)26-13-8-12-25-24-11-4-7-16-29(24)34-30(25)26;1-13(2)16-11-18(15-9-7-14(3)8-10-15)20-12-17(16)19(4,5)6;/h1-12,14-20H;7-9,11-13H,1-6H3;/q2*-1;/i;3D3,13D;. The monoisotopic (exact) mass is 960 g/mol. The van der Waals surface area contributed by atoms with Gasteiger partial charge in [-0.15, -0.1) is 18.2 Å². The van der Waals surface area contributed by atoms with Gasteiger partial charge in [-0.2, -0.15) is 0 Å². The van der Waals surface area contributed by atoms with Gasteiger partial charge in [0, 0.05) is 31.2 Å². The SMILES string of the molecule is [2H]C([2H])([2H])c1c[c-]c(-c2cc(C([2H])(C)C)[c]([Ge]([CH3])([CH3])[CH3])cn2)cc1.[Ir].[c-]1ccc2c(oc3ccccc32)c1-c1nc2ccccc2n1-c1ccc(-c2ccccc2)cc1. The molecule has 3 heterocycles. The van der Waals surface area contributed by atoms with Crippen molar-refractivity contribution >= 4 is 50.6 Å². The van der Waals surface area contributed by atoms with Gasteiger partial charge in [0.2, 0.25) is 0 Å². The van der Waals surface area contributed by atoms with E-state index in [0.29, 0.717) is 0 Å². The number of nitrogens with zero attached hydrogens (tertiary/aromatic N) is 3. The Morgan fingerprint density at radius 1 is 0.782 bits per heavy atom. The van der Waals surface area contributed by atoms with Crippen LogP contribution in [0.5, 0.6) is 0 Å². The molecular weight excluding hydrogens is 911 g/mol. The average molecular weight is 959 g/mol. The third-order valence-corrected chi connectivity index (χ3v) is 13.9.